The maximum absolute atomic E-state index is 12.5. The number of hydrogen-bond donors (Lipinski definition) is 2. The molecule has 2 amide bonds. The van der Waals surface area contributed by atoms with Crippen molar-refractivity contribution in [1.29, 1.82) is 0 Å². The summed E-state index contributed by atoms with van der Waals surface area (Å²) in [4.78, 5) is 35.0. The molecule has 0 unspecified atom stereocenters. The first-order valence-electron chi connectivity index (χ1n) is 11.8. The van der Waals surface area contributed by atoms with Crippen LogP contribution >= 0.6 is 15.9 Å². The average molecular weight is 559 g/mol. The molecular formula is C27H36BrN5O3. The van der Waals surface area contributed by atoms with Crippen LogP contribution in [0.2, 0.25) is 0 Å². The molecular weight excluding hydrogens is 522 g/mol. The lowest BCUT2D eigenvalue weighted by Crippen LogP contribution is -2.21. The number of aromatic nitrogens is 1. The SMILES string of the molecule is C/C=C/C(=O)Nc1ccc(OC)cc1C(=O)Nc1ccc(Br)cn1.C/C=C\CC1=NCCN1C.CC. The fourth-order valence-electron chi connectivity index (χ4n) is 2.93. The number of hydrogen-bond acceptors (Lipinski definition) is 6. The number of anilines is 2. The van der Waals surface area contributed by atoms with Crippen LogP contribution in [0.15, 0.2) is 70.3 Å². The first kappa shape index (κ1) is 30.6. The normalized spacial score (nSPS) is 12.3. The smallest absolute Gasteiger partial charge is 0.259 e. The Morgan fingerprint density at radius 1 is 1.14 bits per heavy atom. The summed E-state index contributed by atoms with van der Waals surface area (Å²) in [7, 11) is 3.60. The van der Waals surface area contributed by atoms with Gasteiger partial charge in [0.15, 0.2) is 0 Å². The highest BCUT2D eigenvalue weighted by Crippen LogP contribution is 2.23. The number of carbonyl (C=O) groups excluding carboxylic acids is 2. The average Bonchev–Trinajstić information content (AvgIpc) is 3.30. The van der Waals surface area contributed by atoms with Crippen molar-refractivity contribution in [2.75, 3.05) is 37.9 Å². The molecule has 0 radical (unpaired) electrons. The predicted octanol–water partition coefficient (Wildman–Crippen LogP) is 5.94. The number of methoxy groups -OCH3 is 1. The first-order valence-corrected chi connectivity index (χ1v) is 12.6. The topological polar surface area (TPSA) is 95.9 Å². The van der Waals surface area contributed by atoms with Crippen molar-refractivity contribution in [3.63, 3.8) is 0 Å². The van der Waals surface area contributed by atoms with Crippen LogP contribution in [0.4, 0.5) is 11.5 Å². The fourth-order valence-corrected chi connectivity index (χ4v) is 3.16. The zero-order chi connectivity index (χ0) is 26.9. The second-order valence-corrected chi connectivity index (χ2v) is 8.12. The lowest BCUT2D eigenvalue weighted by atomic mass is 10.1. The van der Waals surface area contributed by atoms with E-state index in [4.69, 9.17) is 4.74 Å². The van der Waals surface area contributed by atoms with Gasteiger partial charge in [0.1, 0.15) is 17.4 Å². The van der Waals surface area contributed by atoms with E-state index in [0.29, 0.717) is 17.3 Å². The molecule has 0 spiro atoms. The van der Waals surface area contributed by atoms with Crippen molar-refractivity contribution in [1.82, 2.24) is 9.88 Å². The van der Waals surface area contributed by atoms with Crippen LogP contribution < -0.4 is 15.4 Å². The molecule has 0 atom stereocenters. The van der Waals surface area contributed by atoms with Gasteiger partial charge in [-0.1, -0.05) is 32.1 Å². The number of likely N-dealkylation sites (N-methyl/N-ethyl adjacent to an activating group) is 1. The maximum atomic E-state index is 12.5. The van der Waals surface area contributed by atoms with Crippen LogP contribution in [0.5, 0.6) is 5.75 Å². The Hall–Kier alpha value is -3.46. The second-order valence-electron chi connectivity index (χ2n) is 7.21. The zero-order valence-electron chi connectivity index (χ0n) is 21.8. The van der Waals surface area contributed by atoms with Gasteiger partial charge in [0.2, 0.25) is 5.91 Å². The number of carbonyl (C=O) groups is 2. The number of amidine groups is 1. The van der Waals surface area contributed by atoms with Gasteiger partial charge >= 0.3 is 0 Å². The van der Waals surface area contributed by atoms with Crippen LogP contribution in [0.3, 0.4) is 0 Å². The molecule has 36 heavy (non-hydrogen) atoms. The lowest BCUT2D eigenvalue weighted by molar-refractivity contribution is -0.111. The van der Waals surface area contributed by atoms with Crippen LogP contribution in [-0.2, 0) is 4.79 Å². The number of nitrogens with one attached hydrogen (secondary N) is 2. The summed E-state index contributed by atoms with van der Waals surface area (Å²) in [6.45, 7) is 9.84. The number of aliphatic imine (C=N–C) groups is 1. The monoisotopic (exact) mass is 557 g/mol. The predicted molar refractivity (Wildman–Crippen MR) is 152 cm³/mol. The van der Waals surface area contributed by atoms with Gasteiger partial charge in [-0.15, -0.1) is 0 Å². The highest BCUT2D eigenvalue weighted by Gasteiger charge is 2.15. The van der Waals surface area contributed by atoms with Crippen molar-refractivity contribution in [2.45, 2.75) is 34.1 Å². The van der Waals surface area contributed by atoms with E-state index >= 15 is 0 Å². The highest BCUT2D eigenvalue weighted by atomic mass is 79.9. The van der Waals surface area contributed by atoms with Crippen molar-refractivity contribution >= 4 is 45.1 Å². The summed E-state index contributed by atoms with van der Waals surface area (Å²) in [6, 6.07) is 8.27. The Balaban J connectivity index is 0.000000450. The Bertz CT molecular complexity index is 1070. The van der Waals surface area contributed by atoms with E-state index < -0.39 is 5.91 Å². The third kappa shape index (κ3) is 10.4. The minimum absolute atomic E-state index is 0.275. The minimum Gasteiger partial charge on any atom is -0.497 e. The molecule has 1 aromatic heterocycles. The number of rotatable bonds is 7. The quantitative estimate of drug-likeness (QED) is 0.324. The highest BCUT2D eigenvalue weighted by molar-refractivity contribution is 9.10. The number of allylic oxidation sites excluding steroid dienone is 2. The van der Waals surface area contributed by atoms with Crippen LogP contribution in [0.1, 0.15) is 44.5 Å². The van der Waals surface area contributed by atoms with Crippen LogP contribution in [0, 0.1) is 0 Å². The van der Waals surface area contributed by atoms with Crippen molar-refractivity contribution < 1.29 is 14.3 Å². The molecule has 0 bridgehead atoms. The van der Waals surface area contributed by atoms with Gasteiger partial charge in [-0.2, -0.15) is 0 Å². The molecule has 2 N–H and O–H groups in total. The van der Waals surface area contributed by atoms with Crippen LogP contribution in [0.25, 0.3) is 0 Å². The third-order valence-electron chi connectivity index (χ3n) is 4.72. The molecule has 194 valence electrons. The lowest BCUT2D eigenvalue weighted by Gasteiger charge is -2.12. The molecule has 0 saturated carbocycles. The molecule has 0 saturated heterocycles. The number of amides is 2. The van der Waals surface area contributed by atoms with E-state index in [1.54, 1.807) is 49.5 Å². The van der Waals surface area contributed by atoms with E-state index in [-0.39, 0.29) is 11.5 Å². The van der Waals surface area contributed by atoms with Crippen molar-refractivity contribution in [3.05, 3.63) is 70.9 Å². The van der Waals surface area contributed by atoms with Crippen molar-refractivity contribution in [3.8, 4) is 5.75 Å². The van der Waals surface area contributed by atoms with E-state index in [1.807, 2.05) is 20.8 Å². The molecule has 1 aromatic carbocycles. The third-order valence-corrected chi connectivity index (χ3v) is 5.19. The number of nitrogens with zero attached hydrogens (tertiary/aromatic N) is 3. The molecule has 8 nitrogen and oxygen atoms in total. The molecule has 2 heterocycles. The Kier molecular flexibility index (Phi) is 14.5. The molecule has 1 aliphatic heterocycles. The van der Waals surface area contributed by atoms with Crippen molar-refractivity contribution in [2.24, 2.45) is 4.99 Å². The molecule has 2 aromatic rings. The molecule has 3 rings (SSSR count). The number of ether oxygens (including phenoxy) is 1. The van der Waals surface area contributed by atoms with Crippen LogP contribution in [-0.4, -0.2) is 54.8 Å². The van der Waals surface area contributed by atoms with Gasteiger partial charge < -0.3 is 20.3 Å². The van der Waals surface area contributed by atoms with Gasteiger partial charge in [0.05, 0.1) is 24.9 Å². The van der Waals surface area contributed by atoms with E-state index in [9.17, 15) is 9.59 Å². The van der Waals surface area contributed by atoms with E-state index in [1.165, 1.54) is 19.0 Å². The van der Waals surface area contributed by atoms with Gasteiger partial charge in [-0.25, -0.2) is 4.98 Å². The summed E-state index contributed by atoms with van der Waals surface area (Å²) in [5.41, 5.74) is 0.658. The van der Waals surface area contributed by atoms with Gasteiger partial charge in [-0.3, -0.25) is 14.6 Å². The zero-order valence-corrected chi connectivity index (χ0v) is 23.4. The summed E-state index contributed by atoms with van der Waals surface area (Å²) in [5.74, 6) is 1.40. The van der Waals surface area contributed by atoms with E-state index in [0.717, 1.165) is 24.0 Å². The minimum atomic E-state index is -0.403. The summed E-state index contributed by atoms with van der Waals surface area (Å²) in [5, 5.41) is 5.36. The largest absolute Gasteiger partial charge is 0.497 e. The fraction of sp³-hybridized carbons (Fsp3) is 0.333. The number of pyridine rings is 1. The first-order chi connectivity index (χ1) is 17.4. The Labute approximate surface area is 222 Å². The standard InChI is InChI=1S/C17H16BrN3O3.C8H14N2.C2H6/c1-3-4-16(22)20-14-7-6-12(24-2)9-13(14)17(23)21-15-8-5-11(18)10-19-15;1-3-4-5-8-9-6-7-10(8)2;1-2/h3-10H,1-2H3,(H,20,22)(H,19,21,23);3-4H,5-7H2,1-2H3;1-2H3/b4-3+;4-3-;. The van der Waals surface area contributed by atoms with Gasteiger partial charge in [-0.05, 0) is 66.2 Å². The molecule has 0 aliphatic carbocycles. The summed E-state index contributed by atoms with van der Waals surface area (Å²) < 4.78 is 5.96. The number of halogens is 1. The second kappa shape index (κ2) is 17.0. The summed E-state index contributed by atoms with van der Waals surface area (Å²) >= 11 is 3.28. The molecule has 1 aliphatic rings. The van der Waals surface area contributed by atoms with Gasteiger partial charge in [0, 0.05) is 30.7 Å². The Morgan fingerprint density at radius 3 is 2.44 bits per heavy atom. The summed E-state index contributed by atoms with van der Waals surface area (Å²) in [6.07, 6.45) is 9.77. The Morgan fingerprint density at radius 2 is 1.89 bits per heavy atom. The molecule has 9 heteroatoms. The van der Waals surface area contributed by atoms with E-state index in [2.05, 4.69) is 60.6 Å². The maximum Gasteiger partial charge on any atom is 0.259 e. The number of benzene rings is 1. The molecule has 0 fully saturated rings. The van der Waals surface area contributed by atoms with Gasteiger partial charge in [0.25, 0.3) is 5.91 Å².